The lowest BCUT2D eigenvalue weighted by molar-refractivity contribution is -0.137. The molecule has 0 spiro atoms. The summed E-state index contributed by atoms with van der Waals surface area (Å²) >= 11 is 1.77. The van der Waals surface area contributed by atoms with Crippen molar-refractivity contribution in [2.75, 3.05) is 30.5 Å². The van der Waals surface area contributed by atoms with Gasteiger partial charge in [0, 0.05) is 18.3 Å². The molecule has 7 heteroatoms. The summed E-state index contributed by atoms with van der Waals surface area (Å²) in [6.07, 6.45) is 1.05. The van der Waals surface area contributed by atoms with E-state index in [9.17, 15) is 13.2 Å². The number of nitrogens with one attached hydrogen (secondary N) is 2. The highest BCUT2D eigenvalue weighted by molar-refractivity contribution is 8.00. The van der Waals surface area contributed by atoms with E-state index in [-0.39, 0.29) is 16.4 Å². The summed E-state index contributed by atoms with van der Waals surface area (Å²) in [5.74, 6) is 0.485. The summed E-state index contributed by atoms with van der Waals surface area (Å²) in [4.78, 5) is 4.13. The van der Waals surface area contributed by atoms with Crippen LogP contribution in [0.2, 0.25) is 0 Å². The summed E-state index contributed by atoms with van der Waals surface area (Å²) in [6, 6.07) is 2.08. The first-order valence-electron chi connectivity index (χ1n) is 6.45. The van der Waals surface area contributed by atoms with Crippen LogP contribution in [0.1, 0.15) is 24.8 Å². The van der Waals surface area contributed by atoms with Crippen molar-refractivity contribution in [1.82, 2.24) is 4.98 Å². The summed E-state index contributed by atoms with van der Waals surface area (Å²) in [6.45, 7) is 0.644. The SMILES string of the molecule is CNc1cc(C(F)(F)F)cc(NCC2(SC)CCC2)n1. The van der Waals surface area contributed by atoms with Gasteiger partial charge in [0.25, 0.3) is 0 Å². The minimum Gasteiger partial charge on any atom is -0.373 e. The number of thioether (sulfide) groups is 1. The van der Waals surface area contributed by atoms with Gasteiger partial charge in [-0.1, -0.05) is 6.42 Å². The molecule has 0 saturated heterocycles. The third kappa shape index (κ3) is 3.31. The Labute approximate surface area is 120 Å². The largest absolute Gasteiger partial charge is 0.416 e. The number of hydrogen-bond donors (Lipinski definition) is 2. The zero-order valence-electron chi connectivity index (χ0n) is 11.5. The molecule has 1 aliphatic carbocycles. The molecule has 0 amide bonds. The predicted molar refractivity (Wildman–Crippen MR) is 77.4 cm³/mol. The second kappa shape index (κ2) is 5.71. The summed E-state index contributed by atoms with van der Waals surface area (Å²) < 4.78 is 38.6. The fourth-order valence-corrected chi connectivity index (χ4v) is 3.10. The van der Waals surface area contributed by atoms with E-state index in [1.165, 1.54) is 6.42 Å². The lowest BCUT2D eigenvalue weighted by Gasteiger charge is -2.40. The highest BCUT2D eigenvalue weighted by Crippen LogP contribution is 2.42. The van der Waals surface area contributed by atoms with Crippen LogP contribution in [0.15, 0.2) is 12.1 Å². The van der Waals surface area contributed by atoms with Crippen LogP contribution in [0.3, 0.4) is 0 Å². The number of hydrogen-bond acceptors (Lipinski definition) is 4. The average molecular weight is 305 g/mol. The van der Waals surface area contributed by atoms with E-state index in [2.05, 4.69) is 15.6 Å². The van der Waals surface area contributed by atoms with Crippen molar-refractivity contribution in [2.24, 2.45) is 0 Å². The highest BCUT2D eigenvalue weighted by atomic mass is 32.2. The maximum absolute atomic E-state index is 12.8. The molecule has 1 aromatic heterocycles. The first-order valence-corrected chi connectivity index (χ1v) is 7.67. The molecule has 0 aliphatic heterocycles. The minimum absolute atomic E-state index is 0.149. The van der Waals surface area contributed by atoms with Crippen LogP contribution >= 0.6 is 11.8 Å². The van der Waals surface area contributed by atoms with Crippen molar-refractivity contribution < 1.29 is 13.2 Å². The number of anilines is 2. The van der Waals surface area contributed by atoms with E-state index in [0.29, 0.717) is 6.54 Å². The molecule has 1 aliphatic rings. The quantitative estimate of drug-likeness (QED) is 0.866. The van der Waals surface area contributed by atoms with Gasteiger partial charge in [0.2, 0.25) is 0 Å². The van der Waals surface area contributed by atoms with Gasteiger partial charge in [-0.3, -0.25) is 0 Å². The topological polar surface area (TPSA) is 37.0 Å². The van der Waals surface area contributed by atoms with E-state index < -0.39 is 11.7 Å². The van der Waals surface area contributed by atoms with Gasteiger partial charge in [0.15, 0.2) is 0 Å². The Bertz CT molecular complexity index is 467. The van der Waals surface area contributed by atoms with Crippen LogP contribution in [0, 0.1) is 0 Å². The van der Waals surface area contributed by atoms with Crippen molar-refractivity contribution in [3.63, 3.8) is 0 Å². The highest BCUT2D eigenvalue weighted by Gasteiger charge is 2.36. The van der Waals surface area contributed by atoms with Crippen molar-refractivity contribution >= 4 is 23.4 Å². The molecule has 112 valence electrons. The molecule has 2 rings (SSSR count). The van der Waals surface area contributed by atoms with E-state index in [0.717, 1.165) is 25.0 Å². The maximum atomic E-state index is 12.8. The van der Waals surface area contributed by atoms with Gasteiger partial charge < -0.3 is 10.6 Å². The van der Waals surface area contributed by atoms with Crippen LogP contribution in [0.25, 0.3) is 0 Å². The predicted octanol–water partition coefficient (Wildman–Crippen LogP) is 3.84. The molecule has 0 atom stereocenters. The first kappa shape index (κ1) is 15.3. The van der Waals surface area contributed by atoms with Crippen LogP contribution in [0.5, 0.6) is 0 Å². The van der Waals surface area contributed by atoms with Crippen LogP contribution in [0.4, 0.5) is 24.8 Å². The van der Waals surface area contributed by atoms with E-state index in [4.69, 9.17) is 0 Å². The molecule has 0 aromatic carbocycles. The Morgan fingerprint density at radius 3 is 2.40 bits per heavy atom. The van der Waals surface area contributed by atoms with Gasteiger partial charge >= 0.3 is 6.18 Å². The molecule has 20 heavy (non-hydrogen) atoms. The van der Waals surface area contributed by atoms with Gasteiger partial charge in [-0.15, -0.1) is 0 Å². The lowest BCUT2D eigenvalue weighted by Crippen LogP contribution is -2.40. The molecule has 1 aromatic rings. The smallest absolute Gasteiger partial charge is 0.373 e. The van der Waals surface area contributed by atoms with Crippen molar-refractivity contribution in [3.8, 4) is 0 Å². The number of rotatable bonds is 5. The molecule has 0 radical (unpaired) electrons. The number of nitrogens with zero attached hydrogens (tertiary/aromatic N) is 1. The van der Waals surface area contributed by atoms with Crippen LogP contribution < -0.4 is 10.6 Å². The Morgan fingerprint density at radius 1 is 1.30 bits per heavy atom. The number of halogens is 3. The molecule has 3 nitrogen and oxygen atoms in total. The molecule has 0 bridgehead atoms. The Morgan fingerprint density at radius 2 is 1.95 bits per heavy atom. The monoisotopic (exact) mass is 305 g/mol. The second-order valence-corrected chi connectivity index (χ2v) is 6.24. The zero-order valence-corrected chi connectivity index (χ0v) is 12.3. The van der Waals surface area contributed by atoms with Gasteiger partial charge in [-0.05, 0) is 31.2 Å². The van der Waals surface area contributed by atoms with E-state index in [1.807, 2.05) is 6.26 Å². The summed E-state index contributed by atoms with van der Waals surface area (Å²) in [7, 11) is 1.56. The molecule has 1 saturated carbocycles. The first-order chi connectivity index (χ1) is 9.38. The lowest BCUT2D eigenvalue weighted by atomic mass is 9.84. The van der Waals surface area contributed by atoms with Crippen molar-refractivity contribution in [1.29, 1.82) is 0 Å². The maximum Gasteiger partial charge on any atom is 0.416 e. The fourth-order valence-electron chi connectivity index (χ4n) is 2.19. The van der Waals surface area contributed by atoms with E-state index >= 15 is 0 Å². The molecular weight excluding hydrogens is 287 g/mol. The number of alkyl halides is 3. The molecule has 2 N–H and O–H groups in total. The number of aromatic nitrogens is 1. The third-order valence-corrected chi connectivity index (χ3v) is 5.12. The van der Waals surface area contributed by atoms with Crippen LogP contribution in [-0.4, -0.2) is 29.6 Å². The molecule has 1 fully saturated rings. The van der Waals surface area contributed by atoms with Crippen molar-refractivity contribution in [3.05, 3.63) is 17.7 Å². The summed E-state index contributed by atoms with van der Waals surface area (Å²) in [5, 5.41) is 5.72. The van der Waals surface area contributed by atoms with Gasteiger partial charge in [0.05, 0.1) is 5.56 Å². The summed E-state index contributed by atoms with van der Waals surface area (Å²) in [5.41, 5.74) is -0.689. The molecule has 1 heterocycles. The Hall–Kier alpha value is -1.11. The van der Waals surface area contributed by atoms with Gasteiger partial charge in [-0.25, -0.2) is 4.98 Å². The third-order valence-electron chi connectivity index (χ3n) is 3.70. The molecule has 0 unspecified atom stereocenters. The minimum atomic E-state index is -4.36. The van der Waals surface area contributed by atoms with E-state index in [1.54, 1.807) is 18.8 Å². The van der Waals surface area contributed by atoms with Gasteiger partial charge in [0.1, 0.15) is 11.6 Å². The number of pyridine rings is 1. The van der Waals surface area contributed by atoms with Crippen LogP contribution in [-0.2, 0) is 6.18 Å². The normalized spacial score (nSPS) is 17.4. The van der Waals surface area contributed by atoms with Gasteiger partial charge in [-0.2, -0.15) is 24.9 Å². The Kier molecular flexibility index (Phi) is 4.36. The van der Waals surface area contributed by atoms with Crippen molar-refractivity contribution in [2.45, 2.75) is 30.2 Å². The Balaban J connectivity index is 2.14. The standard InChI is InChI=1S/C13H18F3N3S/c1-17-10-6-9(13(14,15)16)7-11(19-10)18-8-12(20-2)4-3-5-12/h6-7H,3-5,8H2,1-2H3,(H2,17,18,19). The second-order valence-electron chi connectivity index (χ2n) is 4.97. The zero-order chi connectivity index (χ0) is 14.8. The molecular formula is C13H18F3N3S. The fraction of sp³-hybridized carbons (Fsp3) is 0.615. The average Bonchev–Trinajstić information content (AvgIpc) is 2.36.